The van der Waals surface area contributed by atoms with Crippen LogP contribution in [0.2, 0.25) is 0 Å². The summed E-state index contributed by atoms with van der Waals surface area (Å²) in [6.07, 6.45) is 5.74. The van der Waals surface area contributed by atoms with Gasteiger partial charge in [0.2, 0.25) is 0 Å². The number of anilines is 1. The summed E-state index contributed by atoms with van der Waals surface area (Å²) in [5, 5.41) is 15.1. The zero-order valence-corrected chi connectivity index (χ0v) is 23.5. The summed E-state index contributed by atoms with van der Waals surface area (Å²) < 4.78 is 11.2. The number of nitrogens with zero attached hydrogens (tertiary/aromatic N) is 2. The molecule has 0 radical (unpaired) electrons. The standard InChI is InChI=1S/C30H33N3O5S/c1-6-14-38-27-19(15-22(33(35)36)17-24(27)37-5)18-31-29-26(28(34)32-21-10-8-7-9-11-21)23-13-12-20(30(2,3)4)16-25(23)39-29/h6-11,15,17-18,20H,1,12-14,16H2,2-5H3,(H,32,34)/t20-/m0/s1. The van der Waals surface area contributed by atoms with Crippen LogP contribution in [0.4, 0.5) is 16.4 Å². The third kappa shape index (κ3) is 6.37. The summed E-state index contributed by atoms with van der Waals surface area (Å²) >= 11 is 1.50. The number of carbonyl (C=O) groups excluding carboxylic acids is 1. The van der Waals surface area contributed by atoms with Gasteiger partial charge in [-0.3, -0.25) is 14.9 Å². The van der Waals surface area contributed by atoms with Crippen LogP contribution in [0.15, 0.2) is 60.1 Å². The lowest BCUT2D eigenvalue weighted by molar-refractivity contribution is -0.385. The molecule has 3 aromatic rings. The van der Waals surface area contributed by atoms with Crippen molar-refractivity contribution in [2.45, 2.75) is 40.0 Å². The summed E-state index contributed by atoms with van der Waals surface area (Å²) in [4.78, 5) is 30.6. The van der Waals surface area contributed by atoms with Crippen molar-refractivity contribution in [3.8, 4) is 11.5 Å². The van der Waals surface area contributed by atoms with Crippen LogP contribution in [0.1, 0.15) is 53.6 Å². The van der Waals surface area contributed by atoms with Crippen LogP contribution in [0.5, 0.6) is 11.5 Å². The van der Waals surface area contributed by atoms with Crippen LogP contribution in [-0.2, 0) is 12.8 Å². The molecule has 0 unspecified atom stereocenters. The highest BCUT2D eigenvalue weighted by Gasteiger charge is 2.33. The number of nitro groups is 1. The second-order valence-corrected chi connectivity index (χ2v) is 11.6. The Hall–Kier alpha value is -3.98. The number of amides is 1. The minimum absolute atomic E-state index is 0.147. The SMILES string of the molecule is C=CCOc1c(C=Nc2sc3c(c2C(=O)Nc2ccccc2)CC[C@H](C(C)(C)C)C3)cc([N+](=O)[O-])cc1OC. The molecule has 1 atom stereocenters. The highest BCUT2D eigenvalue weighted by Crippen LogP contribution is 2.45. The van der Waals surface area contributed by atoms with Crippen molar-refractivity contribution in [1.29, 1.82) is 0 Å². The molecular weight excluding hydrogens is 514 g/mol. The van der Waals surface area contributed by atoms with E-state index in [9.17, 15) is 14.9 Å². The molecule has 0 bridgehead atoms. The third-order valence-corrected chi connectivity index (χ3v) is 8.06. The zero-order valence-electron chi connectivity index (χ0n) is 22.7. The number of rotatable bonds is 9. The van der Waals surface area contributed by atoms with E-state index >= 15 is 0 Å². The number of methoxy groups -OCH3 is 1. The van der Waals surface area contributed by atoms with Crippen LogP contribution in [-0.4, -0.2) is 30.8 Å². The number of benzene rings is 2. The van der Waals surface area contributed by atoms with E-state index in [1.165, 1.54) is 36.8 Å². The first kappa shape index (κ1) is 28.0. The molecular formula is C30H33N3O5S. The number of aliphatic imine (C=N–C) groups is 1. The van der Waals surface area contributed by atoms with Crippen LogP contribution < -0.4 is 14.8 Å². The third-order valence-electron chi connectivity index (χ3n) is 6.90. The van der Waals surface area contributed by atoms with Gasteiger partial charge >= 0.3 is 0 Å². The number of carbonyl (C=O) groups is 1. The number of nitro benzene ring substituents is 1. The van der Waals surface area contributed by atoms with Crippen LogP contribution >= 0.6 is 11.3 Å². The Morgan fingerprint density at radius 2 is 2.03 bits per heavy atom. The Morgan fingerprint density at radius 1 is 1.28 bits per heavy atom. The Balaban J connectivity index is 1.79. The lowest BCUT2D eigenvalue weighted by Crippen LogP contribution is -2.27. The molecule has 1 N–H and O–H groups in total. The van der Waals surface area contributed by atoms with Crippen LogP contribution in [0.3, 0.4) is 0 Å². The van der Waals surface area contributed by atoms with E-state index < -0.39 is 4.92 Å². The van der Waals surface area contributed by atoms with E-state index in [0.29, 0.717) is 33.5 Å². The first-order valence-corrected chi connectivity index (χ1v) is 13.6. The summed E-state index contributed by atoms with van der Waals surface area (Å²) in [6.45, 7) is 10.6. The summed E-state index contributed by atoms with van der Waals surface area (Å²) in [7, 11) is 1.42. The molecule has 0 saturated carbocycles. The van der Waals surface area contributed by atoms with Crippen molar-refractivity contribution in [1.82, 2.24) is 0 Å². The Bertz CT molecular complexity index is 1410. The highest BCUT2D eigenvalue weighted by molar-refractivity contribution is 7.16. The van der Waals surface area contributed by atoms with E-state index in [-0.39, 0.29) is 29.4 Å². The summed E-state index contributed by atoms with van der Waals surface area (Å²) in [6, 6.07) is 12.0. The maximum Gasteiger partial charge on any atom is 0.274 e. The molecule has 1 amide bonds. The average molecular weight is 548 g/mol. The van der Waals surface area contributed by atoms with Gasteiger partial charge in [-0.2, -0.15) is 0 Å². The maximum atomic E-state index is 13.6. The highest BCUT2D eigenvalue weighted by atomic mass is 32.1. The van der Waals surface area contributed by atoms with Gasteiger partial charge in [-0.25, -0.2) is 4.99 Å². The molecule has 39 heavy (non-hydrogen) atoms. The lowest BCUT2D eigenvalue weighted by Gasteiger charge is -2.33. The minimum atomic E-state index is -0.494. The van der Waals surface area contributed by atoms with Crippen molar-refractivity contribution in [2.75, 3.05) is 19.0 Å². The molecule has 1 heterocycles. The average Bonchev–Trinajstić information content (AvgIpc) is 3.28. The number of nitrogens with one attached hydrogen (secondary N) is 1. The van der Waals surface area contributed by atoms with Gasteiger partial charge in [0.1, 0.15) is 11.6 Å². The fourth-order valence-corrected chi connectivity index (χ4v) is 6.01. The summed E-state index contributed by atoms with van der Waals surface area (Å²) in [5.74, 6) is 0.800. The van der Waals surface area contributed by atoms with E-state index in [1.54, 1.807) is 6.08 Å². The van der Waals surface area contributed by atoms with Gasteiger partial charge in [0.25, 0.3) is 11.6 Å². The Morgan fingerprint density at radius 3 is 2.67 bits per heavy atom. The van der Waals surface area contributed by atoms with Crippen molar-refractivity contribution in [3.63, 3.8) is 0 Å². The van der Waals surface area contributed by atoms with Gasteiger partial charge in [-0.15, -0.1) is 11.3 Å². The molecule has 0 fully saturated rings. The normalized spacial score (nSPS) is 15.0. The maximum absolute atomic E-state index is 13.6. The van der Waals surface area contributed by atoms with Gasteiger partial charge in [0.05, 0.1) is 23.7 Å². The van der Waals surface area contributed by atoms with Gasteiger partial charge in [0.15, 0.2) is 11.5 Å². The first-order valence-electron chi connectivity index (χ1n) is 12.8. The van der Waals surface area contributed by atoms with Gasteiger partial charge in [-0.05, 0) is 48.3 Å². The largest absolute Gasteiger partial charge is 0.493 e. The van der Waals surface area contributed by atoms with Gasteiger partial charge in [0, 0.05) is 28.4 Å². The molecule has 1 aliphatic carbocycles. The van der Waals surface area contributed by atoms with Crippen LogP contribution in [0.25, 0.3) is 0 Å². The number of fused-ring (bicyclic) bond motifs is 1. The molecule has 4 rings (SSSR count). The quantitative estimate of drug-likeness (QED) is 0.130. The number of non-ortho nitro benzene ring substituents is 1. The minimum Gasteiger partial charge on any atom is -0.493 e. The Labute approximate surface area is 232 Å². The molecule has 204 valence electrons. The van der Waals surface area contributed by atoms with Crippen molar-refractivity contribution >= 4 is 39.8 Å². The number of thiophene rings is 1. The van der Waals surface area contributed by atoms with E-state index in [1.807, 2.05) is 30.3 Å². The second kappa shape index (κ2) is 11.8. The van der Waals surface area contributed by atoms with Gasteiger partial charge < -0.3 is 14.8 Å². The Kier molecular flexibility index (Phi) is 8.50. The van der Waals surface area contributed by atoms with Crippen molar-refractivity contribution in [3.05, 3.63) is 86.8 Å². The van der Waals surface area contributed by atoms with E-state index in [4.69, 9.17) is 14.5 Å². The molecule has 0 saturated heterocycles. The fourth-order valence-electron chi connectivity index (χ4n) is 4.74. The fraction of sp³-hybridized carbons (Fsp3) is 0.333. The van der Waals surface area contributed by atoms with Gasteiger partial charge in [-0.1, -0.05) is 51.6 Å². The van der Waals surface area contributed by atoms with Crippen molar-refractivity contribution < 1.29 is 19.2 Å². The number of para-hydroxylation sites is 1. The number of hydrogen-bond acceptors (Lipinski definition) is 7. The molecule has 0 spiro atoms. The molecule has 8 nitrogen and oxygen atoms in total. The molecule has 9 heteroatoms. The molecule has 1 aromatic heterocycles. The summed E-state index contributed by atoms with van der Waals surface area (Å²) in [5.41, 5.74) is 2.64. The van der Waals surface area contributed by atoms with E-state index in [0.717, 1.165) is 29.7 Å². The monoisotopic (exact) mass is 547 g/mol. The first-order chi connectivity index (χ1) is 18.6. The topological polar surface area (TPSA) is 103 Å². The number of ether oxygens (including phenoxy) is 2. The molecule has 1 aliphatic rings. The predicted molar refractivity (Wildman–Crippen MR) is 156 cm³/mol. The van der Waals surface area contributed by atoms with E-state index in [2.05, 4.69) is 32.7 Å². The number of hydrogen-bond donors (Lipinski definition) is 1. The van der Waals surface area contributed by atoms with Crippen LogP contribution in [0, 0.1) is 21.4 Å². The zero-order chi connectivity index (χ0) is 28.2. The molecule has 0 aliphatic heterocycles. The van der Waals surface area contributed by atoms with Crippen molar-refractivity contribution in [2.24, 2.45) is 16.3 Å². The molecule has 2 aromatic carbocycles. The second-order valence-electron chi connectivity index (χ2n) is 10.5. The lowest BCUT2D eigenvalue weighted by atomic mass is 9.72. The predicted octanol–water partition coefficient (Wildman–Crippen LogP) is 7.38. The smallest absolute Gasteiger partial charge is 0.274 e.